The van der Waals surface area contributed by atoms with Crippen molar-refractivity contribution in [1.29, 1.82) is 0 Å². The number of likely N-dealkylation sites (N-methyl/N-ethyl adjacent to an activating group) is 1. The molecule has 2 heterocycles. The number of carbonyl (C=O) groups is 1. The zero-order valence-electron chi connectivity index (χ0n) is 7.32. The summed E-state index contributed by atoms with van der Waals surface area (Å²) in [5.74, 6) is -0.961. The van der Waals surface area contributed by atoms with Crippen LogP contribution in [0.25, 0.3) is 0 Å². The molecule has 1 aromatic rings. The van der Waals surface area contributed by atoms with Crippen molar-refractivity contribution in [3.8, 4) is 0 Å². The highest BCUT2D eigenvalue weighted by Crippen LogP contribution is 2.24. The summed E-state index contributed by atoms with van der Waals surface area (Å²) in [6.45, 7) is 0.922. The van der Waals surface area contributed by atoms with Crippen LogP contribution in [0.1, 0.15) is 16.2 Å². The van der Waals surface area contributed by atoms with Gasteiger partial charge < -0.3 is 10.0 Å². The number of hydrogen-bond acceptors (Lipinski definition) is 3. The molecule has 0 amide bonds. The molecule has 1 aliphatic rings. The van der Waals surface area contributed by atoms with Crippen molar-refractivity contribution in [2.75, 3.05) is 18.5 Å². The Labute approximate surface area is 75.8 Å². The molecule has 13 heavy (non-hydrogen) atoms. The fourth-order valence-corrected chi connectivity index (χ4v) is 1.54. The number of nitrogens with zero attached hydrogens (tertiary/aromatic N) is 2. The molecule has 2 rings (SSSR count). The van der Waals surface area contributed by atoms with Crippen LogP contribution in [0, 0.1) is 0 Å². The van der Waals surface area contributed by atoms with E-state index in [2.05, 4.69) is 9.88 Å². The first-order valence-electron chi connectivity index (χ1n) is 4.13. The van der Waals surface area contributed by atoms with Crippen LogP contribution in [0.15, 0.2) is 12.1 Å². The summed E-state index contributed by atoms with van der Waals surface area (Å²) in [5, 5.41) is 8.71. The molecule has 0 spiro atoms. The summed E-state index contributed by atoms with van der Waals surface area (Å²) in [7, 11) is 1.98. The number of carboxylic acids is 1. The summed E-state index contributed by atoms with van der Waals surface area (Å²) < 4.78 is 0. The topological polar surface area (TPSA) is 53.4 Å². The van der Waals surface area contributed by atoms with Gasteiger partial charge in [-0.2, -0.15) is 0 Å². The van der Waals surface area contributed by atoms with E-state index in [0.717, 1.165) is 24.3 Å². The zero-order valence-corrected chi connectivity index (χ0v) is 7.32. The summed E-state index contributed by atoms with van der Waals surface area (Å²) in [6.07, 6.45) is 0.840. The van der Waals surface area contributed by atoms with E-state index < -0.39 is 5.97 Å². The Bertz CT molecular complexity index is 363. The minimum absolute atomic E-state index is 0.133. The molecule has 0 radical (unpaired) electrons. The molecule has 0 bridgehead atoms. The lowest BCUT2D eigenvalue weighted by Crippen LogP contribution is -2.12. The van der Waals surface area contributed by atoms with E-state index >= 15 is 0 Å². The smallest absolute Gasteiger partial charge is 0.354 e. The van der Waals surface area contributed by atoms with Gasteiger partial charge in [0.2, 0.25) is 0 Å². The van der Waals surface area contributed by atoms with Crippen LogP contribution in [0.4, 0.5) is 5.69 Å². The van der Waals surface area contributed by atoms with E-state index in [1.54, 1.807) is 6.07 Å². The Balaban J connectivity index is 2.45. The Morgan fingerprint density at radius 2 is 2.38 bits per heavy atom. The van der Waals surface area contributed by atoms with Gasteiger partial charge in [0.05, 0.1) is 11.4 Å². The maximum absolute atomic E-state index is 10.6. The number of fused-ring (bicyclic) bond motifs is 1. The van der Waals surface area contributed by atoms with Gasteiger partial charge in [0.25, 0.3) is 0 Å². The van der Waals surface area contributed by atoms with Crippen LogP contribution in [0.3, 0.4) is 0 Å². The van der Waals surface area contributed by atoms with Gasteiger partial charge in [0.15, 0.2) is 0 Å². The van der Waals surface area contributed by atoms with Crippen LogP contribution in [0.2, 0.25) is 0 Å². The lowest BCUT2D eigenvalue weighted by Gasteiger charge is -2.10. The SMILES string of the molecule is CN1CCc2nc(C(=O)O)ccc21. The first-order chi connectivity index (χ1) is 6.18. The number of anilines is 1. The molecule has 4 nitrogen and oxygen atoms in total. The van der Waals surface area contributed by atoms with Gasteiger partial charge in [-0.25, -0.2) is 9.78 Å². The van der Waals surface area contributed by atoms with Crippen molar-refractivity contribution in [3.05, 3.63) is 23.5 Å². The van der Waals surface area contributed by atoms with E-state index in [1.165, 1.54) is 0 Å². The summed E-state index contributed by atoms with van der Waals surface area (Å²) in [5.41, 5.74) is 2.07. The van der Waals surface area contributed by atoms with Crippen LogP contribution in [0.5, 0.6) is 0 Å². The van der Waals surface area contributed by atoms with E-state index in [1.807, 2.05) is 13.1 Å². The fourth-order valence-electron chi connectivity index (χ4n) is 1.54. The third-order valence-electron chi connectivity index (χ3n) is 2.26. The molecule has 0 saturated heterocycles. The Hall–Kier alpha value is -1.58. The summed E-state index contributed by atoms with van der Waals surface area (Å²) >= 11 is 0. The predicted octanol–water partition coefficient (Wildman–Crippen LogP) is 0.772. The lowest BCUT2D eigenvalue weighted by atomic mass is 10.2. The molecule has 1 aromatic heterocycles. The van der Waals surface area contributed by atoms with Crippen molar-refractivity contribution in [2.24, 2.45) is 0 Å². The maximum Gasteiger partial charge on any atom is 0.354 e. The molecule has 0 aliphatic carbocycles. The summed E-state index contributed by atoms with van der Waals surface area (Å²) in [4.78, 5) is 16.7. The second-order valence-electron chi connectivity index (χ2n) is 3.14. The lowest BCUT2D eigenvalue weighted by molar-refractivity contribution is 0.0690. The van der Waals surface area contributed by atoms with Crippen LogP contribution >= 0.6 is 0 Å². The average molecular weight is 178 g/mol. The molecule has 0 aromatic carbocycles. The van der Waals surface area contributed by atoms with Crippen LogP contribution in [-0.2, 0) is 6.42 Å². The number of carboxylic acid groups (broad SMARTS) is 1. The van der Waals surface area contributed by atoms with Gasteiger partial charge in [-0.05, 0) is 12.1 Å². The summed E-state index contributed by atoms with van der Waals surface area (Å²) in [6, 6.07) is 3.36. The molecular formula is C9H10N2O2. The monoisotopic (exact) mass is 178 g/mol. The quantitative estimate of drug-likeness (QED) is 0.690. The van der Waals surface area contributed by atoms with Gasteiger partial charge in [-0.3, -0.25) is 0 Å². The first kappa shape index (κ1) is 8.04. The number of aromatic nitrogens is 1. The molecule has 1 aliphatic heterocycles. The zero-order chi connectivity index (χ0) is 9.42. The predicted molar refractivity (Wildman–Crippen MR) is 48.2 cm³/mol. The third-order valence-corrected chi connectivity index (χ3v) is 2.26. The van der Waals surface area contributed by atoms with Crippen molar-refractivity contribution < 1.29 is 9.90 Å². The number of aromatic carboxylic acids is 1. The molecular weight excluding hydrogens is 168 g/mol. The second-order valence-corrected chi connectivity index (χ2v) is 3.14. The second kappa shape index (κ2) is 2.73. The van der Waals surface area contributed by atoms with Gasteiger partial charge in [-0.15, -0.1) is 0 Å². The maximum atomic E-state index is 10.6. The third kappa shape index (κ3) is 1.24. The first-order valence-corrected chi connectivity index (χ1v) is 4.13. The molecule has 1 N–H and O–H groups in total. The molecule has 0 unspecified atom stereocenters. The van der Waals surface area contributed by atoms with E-state index in [4.69, 9.17) is 5.11 Å². The number of pyridine rings is 1. The Morgan fingerprint density at radius 3 is 3.08 bits per heavy atom. The van der Waals surface area contributed by atoms with Crippen molar-refractivity contribution >= 4 is 11.7 Å². The normalized spacial score (nSPS) is 14.4. The largest absolute Gasteiger partial charge is 0.477 e. The average Bonchev–Trinajstić information content (AvgIpc) is 2.47. The number of rotatable bonds is 1. The molecule has 0 fully saturated rings. The van der Waals surface area contributed by atoms with Gasteiger partial charge >= 0.3 is 5.97 Å². The van der Waals surface area contributed by atoms with Gasteiger partial charge in [-0.1, -0.05) is 0 Å². The minimum Gasteiger partial charge on any atom is -0.477 e. The Kier molecular flexibility index (Phi) is 1.69. The minimum atomic E-state index is -0.961. The van der Waals surface area contributed by atoms with E-state index in [9.17, 15) is 4.79 Å². The van der Waals surface area contributed by atoms with Crippen molar-refractivity contribution in [3.63, 3.8) is 0 Å². The van der Waals surface area contributed by atoms with Crippen LogP contribution < -0.4 is 4.90 Å². The fraction of sp³-hybridized carbons (Fsp3) is 0.333. The highest BCUT2D eigenvalue weighted by molar-refractivity contribution is 5.86. The van der Waals surface area contributed by atoms with Crippen LogP contribution in [-0.4, -0.2) is 29.7 Å². The molecule has 4 heteroatoms. The van der Waals surface area contributed by atoms with Gasteiger partial charge in [0, 0.05) is 20.0 Å². The van der Waals surface area contributed by atoms with Gasteiger partial charge in [0.1, 0.15) is 5.69 Å². The molecule has 0 atom stereocenters. The van der Waals surface area contributed by atoms with E-state index in [0.29, 0.717) is 0 Å². The molecule has 68 valence electrons. The highest BCUT2D eigenvalue weighted by atomic mass is 16.4. The molecule has 0 saturated carbocycles. The Morgan fingerprint density at radius 1 is 1.62 bits per heavy atom. The number of hydrogen-bond donors (Lipinski definition) is 1. The van der Waals surface area contributed by atoms with Crippen molar-refractivity contribution in [1.82, 2.24) is 4.98 Å². The van der Waals surface area contributed by atoms with E-state index in [-0.39, 0.29) is 5.69 Å². The standard InChI is InChI=1S/C9H10N2O2/c1-11-5-4-6-8(11)3-2-7(10-6)9(12)13/h2-3H,4-5H2,1H3,(H,12,13). The highest BCUT2D eigenvalue weighted by Gasteiger charge is 2.18. The van der Waals surface area contributed by atoms with Crippen molar-refractivity contribution in [2.45, 2.75) is 6.42 Å².